The van der Waals surface area contributed by atoms with Gasteiger partial charge in [0.15, 0.2) is 0 Å². The molecule has 0 saturated heterocycles. The number of hydrogen-bond donors (Lipinski definition) is 1. The SMILES string of the molecule is CC1(C(O)c2cccc3c2OCC3)CCCCC1. The third kappa shape index (κ3) is 1.93. The van der Waals surface area contributed by atoms with Crippen LogP contribution >= 0.6 is 0 Å². The largest absolute Gasteiger partial charge is 0.493 e. The summed E-state index contributed by atoms with van der Waals surface area (Å²) in [6.07, 6.45) is 6.63. The van der Waals surface area contributed by atoms with Gasteiger partial charge in [0.2, 0.25) is 0 Å². The Morgan fingerprint density at radius 2 is 2.00 bits per heavy atom. The first-order valence-electron chi connectivity index (χ1n) is 7.13. The van der Waals surface area contributed by atoms with E-state index in [0.717, 1.165) is 37.2 Å². The van der Waals surface area contributed by atoms with Gasteiger partial charge in [-0.15, -0.1) is 0 Å². The summed E-state index contributed by atoms with van der Waals surface area (Å²) in [6, 6.07) is 6.20. The van der Waals surface area contributed by atoms with E-state index in [4.69, 9.17) is 4.74 Å². The van der Waals surface area contributed by atoms with Crippen LogP contribution in [-0.4, -0.2) is 11.7 Å². The lowest BCUT2D eigenvalue weighted by atomic mass is 9.70. The van der Waals surface area contributed by atoms with Crippen LogP contribution in [-0.2, 0) is 6.42 Å². The van der Waals surface area contributed by atoms with Gasteiger partial charge in [-0.25, -0.2) is 0 Å². The highest BCUT2D eigenvalue weighted by molar-refractivity contribution is 5.45. The molecule has 1 aromatic carbocycles. The number of aliphatic hydroxyl groups is 1. The monoisotopic (exact) mass is 246 g/mol. The second-order valence-electron chi connectivity index (χ2n) is 6.05. The van der Waals surface area contributed by atoms with E-state index in [1.807, 2.05) is 6.07 Å². The average Bonchev–Trinajstić information content (AvgIpc) is 2.87. The second-order valence-corrected chi connectivity index (χ2v) is 6.05. The summed E-state index contributed by atoms with van der Waals surface area (Å²) in [5.74, 6) is 0.955. The molecule has 0 bridgehead atoms. The highest BCUT2D eigenvalue weighted by atomic mass is 16.5. The Morgan fingerprint density at radius 3 is 2.78 bits per heavy atom. The zero-order chi connectivity index (χ0) is 12.6. The van der Waals surface area contributed by atoms with Gasteiger partial charge in [0.25, 0.3) is 0 Å². The smallest absolute Gasteiger partial charge is 0.128 e. The van der Waals surface area contributed by atoms with E-state index in [9.17, 15) is 5.11 Å². The zero-order valence-electron chi connectivity index (χ0n) is 11.1. The van der Waals surface area contributed by atoms with Crippen molar-refractivity contribution in [2.45, 2.75) is 51.6 Å². The molecule has 0 spiro atoms. The predicted octanol–water partition coefficient (Wildman–Crippen LogP) is 3.63. The van der Waals surface area contributed by atoms with Crippen molar-refractivity contribution >= 4 is 0 Å². The Morgan fingerprint density at radius 1 is 1.22 bits per heavy atom. The van der Waals surface area contributed by atoms with Crippen molar-refractivity contribution in [1.82, 2.24) is 0 Å². The highest BCUT2D eigenvalue weighted by Crippen LogP contribution is 2.48. The number of rotatable bonds is 2. The molecule has 2 aliphatic rings. The predicted molar refractivity (Wildman–Crippen MR) is 71.8 cm³/mol. The van der Waals surface area contributed by atoms with Crippen molar-refractivity contribution < 1.29 is 9.84 Å². The minimum Gasteiger partial charge on any atom is -0.493 e. The molecule has 3 rings (SSSR count). The summed E-state index contributed by atoms with van der Waals surface area (Å²) < 4.78 is 5.73. The minimum atomic E-state index is -0.383. The van der Waals surface area contributed by atoms with E-state index in [1.54, 1.807) is 0 Å². The first-order chi connectivity index (χ1) is 8.71. The molecule has 1 aliphatic heterocycles. The van der Waals surface area contributed by atoms with Crippen molar-refractivity contribution in [2.24, 2.45) is 5.41 Å². The molecule has 98 valence electrons. The van der Waals surface area contributed by atoms with Crippen molar-refractivity contribution in [2.75, 3.05) is 6.61 Å². The standard InChI is InChI=1S/C16H22O2/c1-16(9-3-2-4-10-16)15(17)13-7-5-6-12-8-11-18-14(12)13/h5-7,15,17H,2-4,8-11H2,1H3. The molecule has 0 aromatic heterocycles. The van der Waals surface area contributed by atoms with E-state index in [-0.39, 0.29) is 11.5 Å². The molecule has 1 unspecified atom stereocenters. The average molecular weight is 246 g/mol. The topological polar surface area (TPSA) is 29.5 Å². The Labute approximate surface area is 109 Å². The Hall–Kier alpha value is -1.02. The third-order valence-electron chi connectivity index (χ3n) is 4.70. The van der Waals surface area contributed by atoms with Crippen LogP contribution in [0.25, 0.3) is 0 Å². The third-order valence-corrected chi connectivity index (χ3v) is 4.70. The summed E-state index contributed by atoms with van der Waals surface area (Å²) in [7, 11) is 0. The molecule has 18 heavy (non-hydrogen) atoms. The first kappa shape index (κ1) is 12.0. The van der Waals surface area contributed by atoms with E-state index in [1.165, 1.54) is 24.8 Å². The highest BCUT2D eigenvalue weighted by Gasteiger charge is 2.37. The lowest BCUT2D eigenvalue weighted by Crippen LogP contribution is -2.28. The number of aliphatic hydroxyl groups excluding tert-OH is 1. The van der Waals surface area contributed by atoms with E-state index in [0.29, 0.717) is 0 Å². The van der Waals surface area contributed by atoms with Gasteiger partial charge in [-0.2, -0.15) is 0 Å². The molecular formula is C16H22O2. The number of fused-ring (bicyclic) bond motifs is 1. The van der Waals surface area contributed by atoms with Crippen molar-refractivity contribution in [3.63, 3.8) is 0 Å². The molecule has 0 radical (unpaired) electrons. The Bertz CT molecular complexity index is 433. The summed E-state index contributed by atoms with van der Waals surface area (Å²) >= 11 is 0. The Kier molecular flexibility index (Phi) is 3.06. The van der Waals surface area contributed by atoms with Crippen LogP contribution in [0.15, 0.2) is 18.2 Å². The molecule has 0 amide bonds. The maximum Gasteiger partial charge on any atom is 0.128 e. The lowest BCUT2D eigenvalue weighted by Gasteiger charge is -2.38. The van der Waals surface area contributed by atoms with Crippen LogP contribution < -0.4 is 4.74 Å². The van der Waals surface area contributed by atoms with Gasteiger partial charge < -0.3 is 9.84 Å². The summed E-state index contributed by atoms with van der Waals surface area (Å²) in [6.45, 7) is 2.99. The molecule has 1 heterocycles. The summed E-state index contributed by atoms with van der Waals surface area (Å²) in [5, 5.41) is 10.8. The minimum absolute atomic E-state index is 0.0271. The van der Waals surface area contributed by atoms with E-state index >= 15 is 0 Å². The molecule has 2 nitrogen and oxygen atoms in total. The summed E-state index contributed by atoms with van der Waals surface area (Å²) in [4.78, 5) is 0. The summed E-state index contributed by atoms with van der Waals surface area (Å²) in [5.41, 5.74) is 2.29. The van der Waals surface area contributed by atoms with Gasteiger partial charge in [-0.1, -0.05) is 44.4 Å². The van der Waals surface area contributed by atoms with Crippen LogP contribution in [0.3, 0.4) is 0 Å². The zero-order valence-corrected chi connectivity index (χ0v) is 11.1. The fourth-order valence-corrected chi connectivity index (χ4v) is 3.46. The first-order valence-corrected chi connectivity index (χ1v) is 7.13. The van der Waals surface area contributed by atoms with Crippen molar-refractivity contribution in [1.29, 1.82) is 0 Å². The van der Waals surface area contributed by atoms with Crippen LogP contribution in [0.1, 0.15) is 56.3 Å². The molecule has 1 saturated carbocycles. The van der Waals surface area contributed by atoms with Gasteiger partial charge in [0, 0.05) is 12.0 Å². The number of para-hydroxylation sites is 1. The van der Waals surface area contributed by atoms with Gasteiger partial charge in [0.05, 0.1) is 12.7 Å². The second kappa shape index (κ2) is 4.58. The molecule has 1 N–H and O–H groups in total. The van der Waals surface area contributed by atoms with E-state index in [2.05, 4.69) is 19.1 Å². The van der Waals surface area contributed by atoms with Gasteiger partial charge in [-0.05, 0) is 23.8 Å². The Balaban J connectivity index is 1.92. The van der Waals surface area contributed by atoms with Crippen LogP contribution in [0.4, 0.5) is 0 Å². The number of ether oxygens (including phenoxy) is 1. The van der Waals surface area contributed by atoms with Crippen LogP contribution in [0.2, 0.25) is 0 Å². The maximum absolute atomic E-state index is 10.8. The fourth-order valence-electron chi connectivity index (χ4n) is 3.46. The van der Waals surface area contributed by atoms with Gasteiger partial charge in [-0.3, -0.25) is 0 Å². The molecule has 1 aromatic rings. The van der Waals surface area contributed by atoms with Crippen molar-refractivity contribution in [3.8, 4) is 5.75 Å². The molecule has 1 atom stereocenters. The van der Waals surface area contributed by atoms with Gasteiger partial charge >= 0.3 is 0 Å². The van der Waals surface area contributed by atoms with E-state index < -0.39 is 0 Å². The van der Waals surface area contributed by atoms with Crippen LogP contribution in [0, 0.1) is 5.41 Å². The maximum atomic E-state index is 10.8. The molecule has 1 aliphatic carbocycles. The molecule has 2 heteroatoms. The van der Waals surface area contributed by atoms with Crippen LogP contribution in [0.5, 0.6) is 5.75 Å². The fraction of sp³-hybridized carbons (Fsp3) is 0.625. The van der Waals surface area contributed by atoms with Crippen molar-refractivity contribution in [3.05, 3.63) is 29.3 Å². The lowest BCUT2D eigenvalue weighted by molar-refractivity contribution is 0.00668. The normalized spacial score (nSPS) is 23.2. The molecule has 1 fully saturated rings. The number of hydrogen-bond acceptors (Lipinski definition) is 2. The quantitative estimate of drug-likeness (QED) is 0.863. The van der Waals surface area contributed by atoms with Gasteiger partial charge in [0.1, 0.15) is 5.75 Å². The number of benzene rings is 1. The molecular weight excluding hydrogens is 224 g/mol.